The average Bonchev–Trinajstić information content (AvgIpc) is 2.60. The number of esters is 1. The molecule has 128 valence electrons. The number of nitrogens with one attached hydrogen (secondary N) is 1. The van der Waals surface area contributed by atoms with E-state index < -0.39 is 39.6 Å². The monoisotopic (exact) mass is 343 g/mol. The molecule has 1 amide bonds. The first-order chi connectivity index (χ1) is 11.8. The lowest BCUT2D eigenvalue weighted by Gasteiger charge is -2.11. The van der Waals surface area contributed by atoms with Gasteiger partial charge in [0.15, 0.2) is 0 Å². The van der Waals surface area contributed by atoms with Crippen LogP contribution in [0.1, 0.15) is 31.1 Å². The van der Waals surface area contributed by atoms with E-state index in [2.05, 4.69) is 10.1 Å². The summed E-state index contributed by atoms with van der Waals surface area (Å²) in [5.41, 5.74) is -1.44. The van der Waals surface area contributed by atoms with Crippen molar-refractivity contribution >= 4 is 29.2 Å². The third-order valence-electron chi connectivity index (χ3n) is 3.25. The molecular weight excluding hydrogens is 332 g/mol. The third kappa shape index (κ3) is 3.78. The number of aromatic carboxylic acids is 1. The number of rotatable bonds is 5. The fraction of sp³-hybridized carbons (Fsp3) is 0.0625. The molecule has 9 nitrogen and oxygen atoms in total. The van der Waals surface area contributed by atoms with Gasteiger partial charge in [0.2, 0.25) is 0 Å². The highest BCUT2D eigenvalue weighted by molar-refractivity contribution is 6.13. The van der Waals surface area contributed by atoms with Crippen molar-refractivity contribution in [3.8, 4) is 0 Å². The van der Waals surface area contributed by atoms with E-state index in [-0.39, 0.29) is 11.3 Å². The molecule has 2 aromatic carbocycles. The highest BCUT2D eigenvalue weighted by Gasteiger charge is 2.24. The third-order valence-corrected chi connectivity index (χ3v) is 3.25. The van der Waals surface area contributed by atoms with Gasteiger partial charge in [-0.15, -0.1) is 0 Å². The van der Waals surface area contributed by atoms with E-state index in [1.54, 1.807) is 0 Å². The zero-order valence-corrected chi connectivity index (χ0v) is 12.8. The van der Waals surface area contributed by atoms with Crippen LogP contribution in [0.2, 0.25) is 0 Å². The van der Waals surface area contributed by atoms with E-state index >= 15 is 0 Å². The Balaban J connectivity index is 2.36. The molecule has 0 spiro atoms. The van der Waals surface area contributed by atoms with Gasteiger partial charge < -0.3 is 20.0 Å². The Bertz CT molecular complexity index is 827. The van der Waals surface area contributed by atoms with Gasteiger partial charge in [-0.3, -0.25) is 14.9 Å². The predicted octanol–water partition coefficient (Wildman–Crippen LogP) is 0.997. The van der Waals surface area contributed by atoms with Gasteiger partial charge in [0.05, 0.1) is 23.6 Å². The molecule has 0 fully saturated rings. The molecule has 25 heavy (non-hydrogen) atoms. The van der Waals surface area contributed by atoms with Crippen LogP contribution in [0, 0.1) is 10.1 Å². The average molecular weight is 343 g/mol. The lowest BCUT2D eigenvalue weighted by Crippen LogP contribution is -2.27. The Hall–Kier alpha value is -3.75. The second-order valence-electron chi connectivity index (χ2n) is 4.77. The summed E-state index contributed by atoms with van der Waals surface area (Å²) in [4.78, 5) is 45.0. The van der Waals surface area contributed by atoms with E-state index in [4.69, 9.17) is 0 Å². The Morgan fingerprint density at radius 2 is 1.72 bits per heavy atom. The molecule has 0 saturated carbocycles. The molecule has 0 aliphatic carbocycles. The molecule has 2 aromatic rings. The molecular formula is C16H11N2O7-. The van der Waals surface area contributed by atoms with Crippen molar-refractivity contribution < 1.29 is 29.2 Å². The van der Waals surface area contributed by atoms with Crippen molar-refractivity contribution in [3.63, 3.8) is 0 Å². The minimum absolute atomic E-state index is 0.208. The van der Waals surface area contributed by atoms with Crippen LogP contribution in [0.3, 0.4) is 0 Å². The Kier molecular flexibility index (Phi) is 5.08. The summed E-state index contributed by atoms with van der Waals surface area (Å²) < 4.78 is 4.54. The van der Waals surface area contributed by atoms with Gasteiger partial charge in [-0.2, -0.15) is 0 Å². The van der Waals surface area contributed by atoms with Crippen LogP contribution < -0.4 is 10.4 Å². The standard InChI is InChI=1S/C16H12N2O7/c1-25-16(22)9-5-7-10(8-6-9)17-14(19)13-11(15(20)21)3-2-4-12(13)18(23)24/h2-8H,1H3,(H,17,19)(H,20,21)/p-1. The molecule has 0 unspecified atom stereocenters. The van der Waals surface area contributed by atoms with Crippen LogP contribution in [-0.4, -0.2) is 29.9 Å². The molecule has 0 radical (unpaired) electrons. The number of nitro benzene ring substituents is 1. The highest BCUT2D eigenvalue weighted by Crippen LogP contribution is 2.23. The number of nitrogens with zero attached hydrogens (tertiary/aromatic N) is 1. The summed E-state index contributed by atoms with van der Waals surface area (Å²) in [6.45, 7) is 0. The summed E-state index contributed by atoms with van der Waals surface area (Å²) in [5.74, 6) is -3.27. The van der Waals surface area contributed by atoms with Crippen molar-refractivity contribution in [1.82, 2.24) is 0 Å². The number of carbonyl (C=O) groups excluding carboxylic acids is 3. The number of carboxylic acids is 1. The quantitative estimate of drug-likeness (QED) is 0.485. The minimum Gasteiger partial charge on any atom is -0.545 e. The molecule has 0 aliphatic heterocycles. The zero-order valence-electron chi connectivity index (χ0n) is 12.8. The first-order valence-electron chi connectivity index (χ1n) is 6.83. The van der Waals surface area contributed by atoms with Crippen molar-refractivity contribution in [3.05, 3.63) is 69.3 Å². The van der Waals surface area contributed by atoms with Gasteiger partial charge in [-0.1, -0.05) is 12.1 Å². The summed E-state index contributed by atoms with van der Waals surface area (Å²) in [6, 6.07) is 8.70. The maximum atomic E-state index is 12.3. The number of benzene rings is 2. The summed E-state index contributed by atoms with van der Waals surface area (Å²) >= 11 is 0. The van der Waals surface area contributed by atoms with Crippen LogP contribution in [0.5, 0.6) is 0 Å². The Morgan fingerprint density at radius 3 is 2.24 bits per heavy atom. The second kappa shape index (κ2) is 7.21. The van der Waals surface area contributed by atoms with Crippen molar-refractivity contribution in [1.29, 1.82) is 0 Å². The van der Waals surface area contributed by atoms with E-state index in [1.807, 2.05) is 0 Å². The van der Waals surface area contributed by atoms with Crippen LogP contribution in [0.15, 0.2) is 42.5 Å². The van der Waals surface area contributed by atoms with E-state index in [9.17, 15) is 29.6 Å². The molecule has 0 bridgehead atoms. The van der Waals surface area contributed by atoms with Gasteiger partial charge >= 0.3 is 5.97 Å². The van der Waals surface area contributed by atoms with Crippen LogP contribution >= 0.6 is 0 Å². The highest BCUT2D eigenvalue weighted by atomic mass is 16.6. The number of nitro groups is 1. The summed E-state index contributed by atoms with van der Waals surface area (Å²) in [6.07, 6.45) is 0. The number of methoxy groups -OCH3 is 1. The SMILES string of the molecule is COC(=O)c1ccc(NC(=O)c2c(C(=O)[O-])cccc2[N+](=O)[O-])cc1. The zero-order chi connectivity index (χ0) is 18.6. The maximum absolute atomic E-state index is 12.3. The largest absolute Gasteiger partial charge is 0.545 e. The lowest BCUT2D eigenvalue weighted by molar-refractivity contribution is -0.385. The Labute approximate surface area is 141 Å². The molecule has 1 N–H and O–H groups in total. The number of ether oxygens (including phenoxy) is 1. The Morgan fingerprint density at radius 1 is 1.08 bits per heavy atom. The van der Waals surface area contributed by atoms with Crippen LogP contribution in [-0.2, 0) is 4.74 Å². The van der Waals surface area contributed by atoms with Crippen molar-refractivity contribution in [2.24, 2.45) is 0 Å². The van der Waals surface area contributed by atoms with Gasteiger partial charge in [-0.05, 0) is 24.3 Å². The number of carbonyl (C=O) groups is 3. The number of anilines is 1. The molecule has 0 aromatic heterocycles. The first-order valence-corrected chi connectivity index (χ1v) is 6.83. The smallest absolute Gasteiger partial charge is 0.337 e. The summed E-state index contributed by atoms with van der Waals surface area (Å²) in [5, 5.41) is 24.6. The summed E-state index contributed by atoms with van der Waals surface area (Å²) in [7, 11) is 1.22. The fourth-order valence-corrected chi connectivity index (χ4v) is 2.10. The molecule has 0 aliphatic rings. The van der Waals surface area contributed by atoms with Gasteiger partial charge in [0, 0.05) is 17.3 Å². The van der Waals surface area contributed by atoms with E-state index in [0.29, 0.717) is 0 Å². The van der Waals surface area contributed by atoms with Gasteiger partial charge in [0.25, 0.3) is 11.6 Å². The normalized spacial score (nSPS) is 9.96. The maximum Gasteiger partial charge on any atom is 0.337 e. The van der Waals surface area contributed by atoms with E-state index in [0.717, 1.165) is 18.2 Å². The van der Waals surface area contributed by atoms with Gasteiger partial charge in [-0.25, -0.2) is 4.79 Å². The van der Waals surface area contributed by atoms with Crippen molar-refractivity contribution in [2.45, 2.75) is 0 Å². The number of hydrogen-bond acceptors (Lipinski definition) is 7. The number of hydrogen-bond donors (Lipinski definition) is 1. The predicted molar refractivity (Wildman–Crippen MR) is 83.2 cm³/mol. The molecule has 9 heteroatoms. The lowest BCUT2D eigenvalue weighted by atomic mass is 10.0. The fourth-order valence-electron chi connectivity index (χ4n) is 2.10. The topological polar surface area (TPSA) is 139 Å². The number of amides is 1. The molecule has 0 saturated heterocycles. The number of carboxylic acid groups (broad SMARTS) is 1. The first kappa shape index (κ1) is 17.6. The van der Waals surface area contributed by atoms with E-state index in [1.165, 1.54) is 31.4 Å². The van der Waals surface area contributed by atoms with Gasteiger partial charge in [0.1, 0.15) is 5.56 Å². The second-order valence-corrected chi connectivity index (χ2v) is 4.77. The van der Waals surface area contributed by atoms with Crippen LogP contribution in [0.25, 0.3) is 0 Å². The van der Waals surface area contributed by atoms with Crippen LogP contribution in [0.4, 0.5) is 11.4 Å². The molecule has 0 heterocycles. The van der Waals surface area contributed by atoms with Crippen molar-refractivity contribution in [2.75, 3.05) is 12.4 Å². The molecule has 0 atom stereocenters. The molecule has 2 rings (SSSR count). The minimum atomic E-state index is -1.71.